The van der Waals surface area contributed by atoms with Gasteiger partial charge in [0.05, 0.1) is 5.92 Å². The normalized spacial score (nSPS) is 8.71. The summed E-state index contributed by atoms with van der Waals surface area (Å²) in [6.07, 6.45) is 21.4. The van der Waals surface area contributed by atoms with Crippen molar-refractivity contribution in [2.45, 2.75) is 59.3 Å². The molecule has 0 saturated heterocycles. The SMILES string of the molecule is C#CCC([C-]=O)(CC#C)C(=O)O.C=CCC([C-]=O)(CC=C)C(=O)O.CC([C-]=O)C(=O)O.CCC([C-]=O)(CC)C(=O)O.O=[C-]C(C(=O)O)C(=O)O.O=[C-]C(C(=O)O)C([C-]=O)C(=O)O.[Ag].[Ag].[Ag].[Ag].[Ag].[Ag].[Ag].[Ag].[O]=[Ag].[O]=[Ag].[O]=[Ag].[O]=[Ag].[O]=[Ag].[O]=[Ag].[O]=[Ag]. The van der Waals surface area contributed by atoms with Crippen LogP contribution in [0, 0.1) is 64.6 Å². The van der Waals surface area contributed by atoms with Crippen LogP contribution in [-0.4, -0.2) is 133 Å². The summed E-state index contributed by atoms with van der Waals surface area (Å²) in [5, 5.41) is 66.1. The van der Waals surface area contributed by atoms with Gasteiger partial charge in [0.2, 0.25) is 0 Å². The number of hydrogen-bond acceptors (Lipinski definition) is 22. The molecule has 0 spiro atoms. The summed E-state index contributed by atoms with van der Waals surface area (Å²) in [5.41, 5.74) is -4.47. The van der Waals surface area contributed by atoms with Gasteiger partial charge < -0.3 is 74.4 Å². The first-order valence-corrected chi connectivity index (χ1v) is 21.4. The molecule has 84 heavy (non-hydrogen) atoms. The van der Waals surface area contributed by atoms with Crippen LogP contribution in [-0.2, 0) is 421 Å². The Hall–Kier alpha value is 1.75. The quantitative estimate of drug-likeness (QED) is 0.0188. The Morgan fingerprint density at radius 3 is 0.702 bits per heavy atom. The fraction of sp³-hybridized carbons (Fsp3) is 0.410. The number of rotatable bonds is 24. The zero-order chi connectivity index (χ0) is 64.4. The molecule has 0 heterocycles. The van der Waals surface area contributed by atoms with E-state index in [0.717, 1.165) is 18.9 Å². The van der Waals surface area contributed by atoms with Gasteiger partial charge in [-0.05, 0) is 35.0 Å². The van der Waals surface area contributed by atoms with Crippen molar-refractivity contribution in [2.75, 3.05) is 0 Å². The zero-order valence-electron chi connectivity index (χ0n) is 40.4. The third-order valence-electron chi connectivity index (χ3n) is 7.09. The third kappa shape index (κ3) is 83.8. The second kappa shape index (κ2) is 112. The van der Waals surface area contributed by atoms with Gasteiger partial charge in [0.15, 0.2) is 0 Å². The molecule has 0 bridgehead atoms. The topological polar surface area (TPSA) is 537 Å². The van der Waals surface area contributed by atoms with E-state index in [1.807, 2.05) is 0 Å². The summed E-state index contributed by atoms with van der Waals surface area (Å²) in [7, 11) is 0. The first-order chi connectivity index (χ1) is 35.7. The van der Waals surface area contributed by atoms with Crippen LogP contribution in [0.2, 0.25) is 0 Å². The van der Waals surface area contributed by atoms with Crippen LogP contribution < -0.4 is 0 Å². The van der Waals surface area contributed by atoms with Gasteiger partial charge >= 0.3 is 170 Å². The van der Waals surface area contributed by atoms with Gasteiger partial charge in [0.1, 0.15) is 0 Å². The number of aliphatic carboxylic acids is 8. The van der Waals surface area contributed by atoms with Crippen LogP contribution in [0.15, 0.2) is 25.3 Å². The number of carboxylic acid groups (broad SMARTS) is 8. The van der Waals surface area contributed by atoms with Crippen LogP contribution in [0.4, 0.5) is 0 Å². The Morgan fingerprint density at radius 1 is 0.417 bits per heavy atom. The van der Waals surface area contributed by atoms with Crippen LogP contribution in [0.5, 0.6) is 0 Å². The standard InChI is InChI=1S/C9H11O3.C9H7O3.C7H11O3.C6H4O6.C4H3O5.C4H5O3.15Ag.7O/c2*1-3-5-9(7-10,6-4-2)8(11)12;1-3-7(4-2,5-8)6(9)10;7-1-3(5(9)10)4(2-8)6(11)12;5-1-2(3(6)7)4(8)9;1-3(2-5)4(6)7;;;;;;;;;;;;;;;;;;;;;;/h3-4H,1-2,5-6H2,(H,11,12);1-2H,5-6H2,(H,11,12);3-4H2,1-2H3,(H,9,10);3-4H,(H,9,10)(H,11,12);2H,(H,6,7)(H,8,9);3H,1H3,(H,6,7);;;;;;;;;;;;;;;;;;;;;;/q3*-1;-2;2*-1;;;;;;;;;;;;;;;;;;;;;;. The van der Waals surface area contributed by atoms with Gasteiger partial charge in [-0.2, -0.15) is 0 Å². The van der Waals surface area contributed by atoms with Crippen molar-refractivity contribution in [3.63, 3.8) is 0 Å². The first kappa shape index (κ1) is 147. The molecular weight excluding hydrogens is 2570 g/mol. The molecule has 0 aliphatic carbocycles. The molecule has 0 fully saturated rings. The van der Waals surface area contributed by atoms with E-state index in [1.54, 1.807) is 167 Å². The average Bonchev–Trinajstić information content (AvgIpc) is 3.42. The number of carbonyl (C=O) groups excluding carboxylic acids is 7. The van der Waals surface area contributed by atoms with Gasteiger partial charge in [-0.3, -0.25) is 57.2 Å². The number of terminal acetylenes is 2. The molecule has 3 unspecified atom stereocenters. The molecule has 45 heteroatoms. The van der Waals surface area contributed by atoms with Crippen molar-refractivity contribution in [3.05, 3.63) is 25.3 Å². The molecular formula is C39H41Ag15O30-7. The number of allylic oxidation sites excluding steroid dienone is 2. The summed E-state index contributed by atoms with van der Waals surface area (Å²) >= 11 is 11.9. The van der Waals surface area contributed by atoms with Gasteiger partial charge in [-0.1, -0.05) is 57.6 Å². The fourth-order valence-electron chi connectivity index (χ4n) is 3.08. The Bertz CT molecular complexity index is 1790. The van der Waals surface area contributed by atoms with E-state index in [9.17, 15) is 71.9 Å². The second-order valence-electron chi connectivity index (χ2n) is 11.2. The van der Waals surface area contributed by atoms with Crippen molar-refractivity contribution in [1.82, 2.24) is 0 Å². The minimum atomic E-state index is -2.05. The maximum absolute atomic E-state index is 10.7. The monoisotopic (exact) mass is 2590 g/mol. The van der Waals surface area contributed by atoms with Crippen molar-refractivity contribution in [1.29, 1.82) is 0 Å². The second-order valence-corrected chi connectivity index (χ2v) is 11.2. The van der Waals surface area contributed by atoms with E-state index < -0.39 is 87.7 Å². The Morgan fingerprint density at radius 2 is 0.643 bits per heavy atom. The van der Waals surface area contributed by atoms with Crippen molar-refractivity contribution in [2.24, 2.45) is 39.9 Å². The molecule has 0 aromatic rings. The molecule has 8 N–H and O–H groups in total. The summed E-state index contributed by atoms with van der Waals surface area (Å²) < 4.78 is 56.4. The van der Waals surface area contributed by atoms with Gasteiger partial charge in [-0.15, -0.1) is 37.8 Å². The molecule has 30 nitrogen and oxygen atoms in total. The number of carbonyl (C=O) groups is 8. The van der Waals surface area contributed by atoms with Gasteiger partial charge in [0.25, 0.3) is 47.8 Å². The molecule has 0 aromatic carbocycles. The molecule has 0 aromatic heterocycles. The van der Waals surface area contributed by atoms with Crippen molar-refractivity contribution < 1.29 is 462 Å². The van der Waals surface area contributed by atoms with E-state index >= 15 is 0 Å². The van der Waals surface area contributed by atoms with E-state index in [-0.39, 0.29) is 205 Å². The third-order valence-corrected chi connectivity index (χ3v) is 7.09. The molecule has 8 radical (unpaired) electrons. The molecule has 549 valence electrons. The predicted molar refractivity (Wildman–Crippen MR) is 210 cm³/mol. The van der Waals surface area contributed by atoms with E-state index in [0.29, 0.717) is 12.8 Å². The number of carboxylic acids is 8. The van der Waals surface area contributed by atoms with Crippen molar-refractivity contribution in [3.8, 4) is 24.7 Å². The van der Waals surface area contributed by atoms with Crippen LogP contribution in [0.25, 0.3) is 0 Å². The van der Waals surface area contributed by atoms with Crippen molar-refractivity contribution >= 4 is 91.8 Å². The average molecular weight is 2610 g/mol. The van der Waals surface area contributed by atoms with Gasteiger partial charge in [-0.25, -0.2) is 25.1 Å². The van der Waals surface area contributed by atoms with Gasteiger partial charge in [0, 0.05) is 192 Å². The Labute approximate surface area is 691 Å². The molecule has 0 aliphatic heterocycles. The Balaban J connectivity index is -0.0000000282. The summed E-state index contributed by atoms with van der Waals surface area (Å²) in [4.78, 5) is 151. The van der Waals surface area contributed by atoms with E-state index in [2.05, 4.69) is 25.0 Å². The minimum absolute atomic E-state index is 0. The summed E-state index contributed by atoms with van der Waals surface area (Å²) in [5.74, 6) is -14.4. The van der Waals surface area contributed by atoms with Crippen LogP contribution in [0.1, 0.15) is 59.3 Å². The molecule has 0 aliphatic rings. The maximum atomic E-state index is 10.7. The molecule has 0 amide bonds. The Kier molecular flexibility index (Phi) is 196. The predicted octanol–water partition coefficient (Wildman–Crippen LogP) is -1.04. The molecule has 3 atom stereocenters. The fourth-order valence-corrected chi connectivity index (χ4v) is 3.08. The zero-order valence-corrected chi connectivity index (χ0v) is 62.6. The van der Waals surface area contributed by atoms with E-state index in [4.69, 9.17) is 76.4 Å². The first-order valence-electron chi connectivity index (χ1n) is 17.2. The van der Waals surface area contributed by atoms with E-state index in [1.165, 1.54) is 37.9 Å². The van der Waals surface area contributed by atoms with Crippen LogP contribution in [0.3, 0.4) is 0 Å². The summed E-state index contributed by atoms with van der Waals surface area (Å²) in [6.45, 7) is 11.4. The molecule has 0 rings (SSSR count). The molecule has 0 saturated carbocycles. The number of hydrogen-bond donors (Lipinski definition) is 8. The van der Waals surface area contributed by atoms with Crippen LogP contribution >= 0.6 is 0 Å². The summed E-state index contributed by atoms with van der Waals surface area (Å²) in [6, 6.07) is 0.